The van der Waals surface area contributed by atoms with Crippen LogP contribution in [-0.4, -0.2) is 24.1 Å². The highest BCUT2D eigenvalue weighted by molar-refractivity contribution is 5.95. The minimum atomic E-state index is -0.764. The second-order valence-electron chi connectivity index (χ2n) is 6.25. The van der Waals surface area contributed by atoms with Gasteiger partial charge in [0, 0.05) is 0 Å². The first-order valence-electron chi connectivity index (χ1n) is 7.81. The molecular formula is C16H28O4. The fourth-order valence-electron chi connectivity index (χ4n) is 2.66. The molecule has 0 aliphatic heterocycles. The average Bonchev–Trinajstić information content (AvgIpc) is 2.80. The Labute approximate surface area is 122 Å². The van der Waals surface area contributed by atoms with E-state index >= 15 is 0 Å². The van der Waals surface area contributed by atoms with Crippen LogP contribution in [0.1, 0.15) is 66.2 Å². The second-order valence-corrected chi connectivity index (χ2v) is 6.25. The SMILES string of the molecule is CC(C)OC(=O)C(CCC1CCCC1)C(=O)OC(C)C. The Morgan fingerprint density at radius 2 is 1.40 bits per heavy atom. The number of esters is 2. The molecule has 1 fully saturated rings. The van der Waals surface area contributed by atoms with Gasteiger partial charge in [-0.25, -0.2) is 0 Å². The van der Waals surface area contributed by atoms with Crippen molar-refractivity contribution in [2.24, 2.45) is 11.8 Å². The van der Waals surface area contributed by atoms with Gasteiger partial charge in [0.2, 0.25) is 0 Å². The Hall–Kier alpha value is -1.06. The molecular weight excluding hydrogens is 256 g/mol. The third-order valence-electron chi connectivity index (χ3n) is 3.61. The lowest BCUT2D eigenvalue weighted by molar-refractivity contribution is -0.166. The number of hydrogen-bond donors (Lipinski definition) is 0. The number of carbonyl (C=O) groups is 2. The van der Waals surface area contributed by atoms with Crippen molar-refractivity contribution in [2.75, 3.05) is 0 Å². The van der Waals surface area contributed by atoms with Crippen LogP contribution in [0.2, 0.25) is 0 Å². The third kappa shape index (κ3) is 5.93. The zero-order chi connectivity index (χ0) is 15.1. The third-order valence-corrected chi connectivity index (χ3v) is 3.61. The fraction of sp³-hybridized carbons (Fsp3) is 0.875. The summed E-state index contributed by atoms with van der Waals surface area (Å²) in [6, 6.07) is 0. The van der Waals surface area contributed by atoms with Crippen molar-refractivity contribution >= 4 is 11.9 Å². The van der Waals surface area contributed by atoms with Gasteiger partial charge in [-0.3, -0.25) is 9.59 Å². The lowest BCUT2D eigenvalue weighted by Crippen LogP contribution is -2.31. The van der Waals surface area contributed by atoms with E-state index in [0.29, 0.717) is 12.3 Å². The van der Waals surface area contributed by atoms with Crippen molar-refractivity contribution in [2.45, 2.75) is 78.4 Å². The van der Waals surface area contributed by atoms with Crippen LogP contribution in [0.4, 0.5) is 0 Å². The van der Waals surface area contributed by atoms with Crippen LogP contribution in [0.25, 0.3) is 0 Å². The van der Waals surface area contributed by atoms with Gasteiger partial charge in [-0.2, -0.15) is 0 Å². The van der Waals surface area contributed by atoms with Crippen molar-refractivity contribution in [3.8, 4) is 0 Å². The fourth-order valence-corrected chi connectivity index (χ4v) is 2.66. The molecule has 4 nitrogen and oxygen atoms in total. The molecule has 0 aromatic heterocycles. The highest BCUT2D eigenvalue weighted by atomic mass is 16.6. The second kappa shape index (κ2) is 8.28. The van der Waals surface area contributed by atoms with Crippen LogP contribution in [0.3, 0.4) is 0 Å². The van der Waals surface area contributed by atoms with Gasteiger partial charge in [-0.1, -0.05) is 25.7 Å². The molecule has 116 valence electrons. The summed E-state index contributed by atoms with van der Waals surface area (Å²) in [4.78, 5) is 24.1. The summed E-state index contributed by atoms with van der Waals surface area (Å²) in [5.41, 5.74) is 0. The van der Waals surface area contributed by atoms with Gasteiger partial charge in [0.25, 0.3) is 0 Å². The molecule has 1 rings (SSSR count). The van der Waals surface area contributed by atoms with Gasteiger partial charge >= 0.3 is 11.9 Å². The van der Waals surface area contributed by atoms with Gasteiger partial charge < -0.3 is 9.47 Å². The summed E-state index contributed by atoms with van der Waals surface area (Å²) >= 11 is 0. The molecule has 0 saturated heterocycles. The first kappa shape index (κ1) is 17.0. The Bertz CT molecular complexity index is 294. The molecule has 0 bridgehead atoms. The maximum absolute atomic E-state index is 12.1. The zero-order valence-electron chi connectivity index (χ0n) is 13.2. The van der Waals surface area contributed by atoms with E-state index in [1.807, 2.05) is 0 Å². The number of hydrogen-bond acceptors (Lipinski definition) is 4. The van der Waals surface area contributed by atoms with Crippen molar-refractivity contribution in [1.29, 1.82) is 0 Å². The molecule has 20 heavy (non-hydrogen) atoms. The van der Waals surface area contributed by atoms with E-state index in [0.717, 1.165) is 6.42 Å². The molecule has 0 radical (unpaired) electrons. The zero-order valence-corrected chi connectivity index (χ0v) is 13.2. The Morgan fingerprint density at radius 1 is 0.950 bits per heavy atom. The molecule has 0 heterocycles. The summed E-state index contributed by atoms with van der Waals surface area (Å²) < 4.78 is 10.4. The van der Waals surface area contributed by atoms with E-state index in [2.05, 4.69) is 0 Å². The van der Waals surface area contributed by atoms with Crippen molar-refractivity contribution in [3.05, 3.63) is 0 Å². The predicted octanol–water partition coefficient (Wildman–Crippen LogP) is 3.48. The summed E-state index contributed by atoms with van der Waals surface area (Å²) in [7, 11) is 0. The molecule has 0 aromatic carbocycles. The molecule has 1 aliphatic carbocycles. The van der Waals surface area contributed by atoms with Crippen LogP contribution < -0.4 is 0 Å². The van der Waals surface area contributed by atoms with Crippen LogP contribution in [0.15, 0.2) is 0 Å². The highest BCUT2D eigenvalue weighted by Gasteiger charge is 2.32. The predicted molar refractivity (Wildman–Crippen MR) is 77.1 cm³/mol. The van der Waals surface area contributed by atoms with E-state index in [4.69, 9.17) is 9.47 Å². The molecule has 0 N–H and O–H groups in total. The molecule has 0 spiro atoms. The molecule has 1 saturated carbocycles. The van der Waals surface area contributed by atoms with Crippen LogP contribution in [0, 0.1) is 11.8 Å². The molecule has 0 amide bonds. The minimum Gasteiger partial charge on any atom is -0.462 e. The van der Waals surface area contributed by atoms with Gasteiger partial charge in [0.1, 0.15) is 0 Å². The first-order chi connectivity index (χ1) is 9.40. The number of ether oxygens (including phenoxy) is 2. The lowest BCUT2D eigenvalue weighted by atomic mass is 9.94. The summed E-state index contributed by atoms with van der Waals surface area (Å²) in [5, 5.41) is 0. The number of carbonyl (C=O) groups excluding carboxylic acids is 2. The van der Waals surface area contributed by atoms with E-state index < -0.39 is 17.9 Å². The van der Waals surface area contributed by atoms with Gasteiger partial charge in [0.15, 0.2) is 5.92 Å². The molecule has 4 heteroatoms. The average molecular weight is 284 g/mol. The maximum atomic E-state index is 12.1. The topological polar surface area (TPSA) is 52.6 Å². The van der Waals surface area contributed by atoms with E-state index in [1.54, 1.807) is 27.7 Å². The molecule has 0 aromatic rings. The van der Waals surface area contributed by atoms with Crippen LogP contribution >= 0.6 is 0 Å². The summed E-state index contributed by atoms with van der Waals surface area (Å²) in [5.74, 6) is -0.996. The molecule has 1 aliphatic rings. The minimum absolute atomic E-state index is 0.205. The number of rotatable bonds is 7. The van der Waals surface area contributed by atoms with Crippen molar-refractivity contribution in [1.82, 2.24) is 0 Å². The maximum Gasteiger partial charge on any atom is 0.320 e. The van der Waals surface area contributed by atoms with E-state index in [1.165, 1.54) is 25.7 Å². The first-order valence-corrected chi connectivity index (χ1v) is 7.81. The smallest absolute Gasteiger partial charge is 0.320 e. The normalized spacial score (nSPS) is 16.1. The van der Waals surface area contributed by atoms with Crippen LogP contribution in [-0.2, 0) is 19.1 Å². The lowest BCUT2D eigenvalue weighted by Gasteiger charge is -2.19. The van der Waals surface area contributed by atoms with Gasteiger partial charge in [-0.05, 0) is 46.5 Å². The van der Waals surface area contributed by atoms with E-state index in [9.17, 15) is 9.59 Å². The van der Waals surface area contributed by atoms with E-state index in [-0.39, 0.29) is 12.2 Å². The van der Waals surface area contributed by atoms with Gasteiger partial charge in [-0.15, -0.1) is 0 Å². The van der Waals surface area contributed by atoms with Crippen LogP contribution in [0.5, 0.6) is 0 Å². The molecule has 0 atom stereocenters. The molecule has 0 unspecified atom stereocenters. The Balaban J connectivity index is 2.57. The largest absolute Gasteiger partial charge is 0.462 e. The van der Waals surface area contributed by atoms with Crippen molar-refractivity contribution < 1.29 is 19.1 Å². The quantitative estimate of drug-likeness (QED) is 0.530. The standard InChI is InChI=1S/C16H28O4/c1-11(2)19-15(17)14(16(18)20-12(3)4)10-9-13-7-5-6-8-13/h11-14H,5-10H2,1-4H3. The monoisotopic (exact) mass is 284 g/mol. The van der Waals surface area contributed by atoms with Crippen molar-refractivity contribution in [3.63, 3.8) is 0 Å². The highest BCUT2D eigenvalue weighted by Crippen LogP contribution is 2.30. The summed E-state index contributed by atoms with van der Waals surface area (Å²) in [6.07, 6.45) is 6.00. The Morgan fingerprint density at radius 3 is 1.80 bits per heavy atom. The summed E-state index contributed by atoms with van der Waals surface area (Å²) in [6.45, 7) is 7.17. The Kier molecular flexibility index (Phi) is 7.03. The van der Waals surface area contributed by atoms with Gasteiger partial charge in [0.05, 0.1) is 12.2 Å².